The van der Waals surface area contributed by atoms with E-state index in [-0.39, 0.29) is 0 Å². The van der Waals surface area contributed by atoms with Gasteiger partial charge in [-0.25, -0.2) is 0 Å². The van der Waals surface area contributed by atoms with Crippen molar-refractivity contribution < 1.29 is 18.9 Å². The van der Waals surface area contributed by atoms with E-state index in [2.05, 4.69) is 35.2 Å². The van der Waals surface area contributed by atoms with Gasteiger partial charge in [-0.1, -0.05) is 36.4 Å². The van der Waals surface area contributed by atoms with Crippen LogP contribution in [0.3, 0.4) is 0 Å². The van der Waals surface area contributed by atoms with E-state index < -0.39 is 0 Å². The Balaban J connectivity index is 1.47. The first-order valence-electron chi connectivity index (χ1n) is 11.1. The van der Waals surface area contributed by atoms with Gasteiger partial charge in [0, 0.05) is 24.7 Å². The topological polar surface area (TPSA) is 40.2 Å². The maximum absolute atomic E-state index is 6.22. The second-order valence-corrected chi connectivity index (χ2v) is 8.36. The minimum atomic E-state index is 0.314. The van der Waals surface area contributed by atoms with Gasteiger partial charge in [0.25, 0.3) is 0 Å². The Bertz CT molecular complexity index is 1110. The number of fused-ring (bicyclic) bond motifs is 4. The number of rotatable bonds is 6. The predicted octanol–water partition coefficient (Wildman–Crippen LogP) is 4.95. The van der Waals surface area contributed by atoms with Gasteiger partial charge < -0.3 is 18.9 Å². The van der Waals surface area contributed by atoms with E-state index in [0.717, 1.165) is 54.5 Å². The van der Waals surface area contributed by atoms with Crippen molar-refractivity contribution in [3.8, 4) is 23.0 Å². The molecule has 0 amide bonds. The van der Waals surface area contributed by atoms with Crippen LogP contribution in [0.1, 0.15) is 33.9 Å². The lowest BCUT2D eigenvalue weighted by atomic mass is 9.83. The first kappa shape index (κ1) is 20.7. The summed E-state index contributed by atoms with van der Waals surface area (Å²) < 4.78 is 23.1. The average Bonchev–Trinajstić information content (AvgIpc) is 2.85. The fourth-order valence-electron chi connectivity index (χ4n) is 5.00. The van der Waals surface area contributed by atoms with Crippen molar-refractivity contribution in [2.24, 2.45) is 0 Å². The molecule has 166 valence electrons. The highest BCUT2D eigenvalue weighted by atomic mass is 16.5. The first-order chi connectivity index (χ1) is 15.7. The van der Waals surface area contributed by atoms with E-state index in [4.69, 9.17) is 18.9 Å². The largest absolute Gasteiger partial charge is 0.493 e. The van der Waals surface area contributed by atoms with Gasteiger partial charge in [0.2, 0.25) is 0 Å². The van der Waals surface area contributed by atoms with Gasteiger partial charge in [-0.3, -0.25) is 4.90 Å². The van der Waals surface area contributed by atoms with Crippen LogP contribution in [0.2, 0.25) is 0 Å². The molecule has 1 atom stereocenters. The zero-order valence-corrected chi connectivity index (χ0v) is 18.9. The summed E-state index contributed by atoms with van der Waals surface area (Å²) in [6.45, 7) is 2.38. The van der Waals surface area contributed by atoms with E-state index in [0.29, 0.717) is 12.6 Å². The monoisotopic (exact) mass is 431 g/mol. The predicted molar refractivity (Wildman–Crippen MR) is 124 cm³/mol. The van der Waals surface area contributed by atoms with E-state index in [1.54, 1.807) is 21.3 Å². The maximum Gasteiger partial charge on any atom is 0.165 e. The number of methoxy groups -OCH3 is 3. The SMILES string of the molecule is COc1cc2c(cc1OCc1ccccc1)[C@@H]1Cc3ccc(OC)c(OC)c3CN1CC2. The number of ether oxygens (including phenoxy) is 4. The minimum Gasteiger partial charge on any atom is -0.493 e. The van der Waals surface area contributed by atoms with Crippen LogP contribution >= 0.6 is 0 Å². The summed E-state index contributed by atoms with van der Waals surface area (Å²) in [5, 5.41) is 0. The molecule has 5 heteroatoms. The van der Waals surface area contributed by atoms with Crippen molar-refractivity contribution >= 4 is 0 Å². The van der Waals surface area contributed by atoms with Gasteiger partial charge in [0.1, 0.15) is 6.61 Å². The third-order valence-corrected chi connectivity index (χ3v) is 6.65. The zero-order chi connectivity index (χ0) is 22.1. The zero-order valence-electron chi connectivity index (χ0n) is 18.9. The summed E-state index contributed by atoms with van der Waals surface area (Å²) >= 11 is 0. The van der Waals surface area contributed by atoms with Crippen LogP contribution in [0.15, 0.2) is 54.6 Å². The molecule has 0 radical (unpaired) electrons. The molecular formula is C27H29NO4. The Morgan fingerprint density at radius 2 is 1.66 bits per heavy atom. The van der Waals surface area contributed by atoms with Crippen molar-refractivity contribution in [3.63, 3.8) is 0 Å². The highest BCUT2D eigenvalue weighted by molar-refractivity contribution is 5.54. The molecule has 0 aromatic heterocycles. The van der Waals surface area contributed by atoms with Crippen LogP contribution in [0.4, 0.5) is 0 Å². The van der Waals surface area contributed by atoms with Gasteiger partial charge in [0.05, 0.1) is 21.3 Å². The molecule has 2 heterocycles. The molecule has 0 spiro atoms. The number of hydrogen-bond donors (Lipinski definition) is 0. The molecule has 2 aliphatic heterocycles. The molecule has 0 saturated carbocycles. The molecule has 5 nitrogen and oxygen atoms in total. The van der Waals surface area contributed by atoms with Crippen LogP contribution in [-0.4, -0.2) is 32.8 Å². The lowest BCUT2D eigenvalue weighted by Gasteiger charge is -2.42. The van der Waals surface area contributed by atoms with Crippen LogP contribution < -0.4 is 18.9 Å². The summed E-state index contributed by atoms with van der Waals surface area (Å²) in [6.07, 6.45) is 1.93. The van der Waals surface area contributed by atoms with Gasteiger partial charge in [-0.05, 0) is 53.3 Å². The summed E-state index contributed by atoms with van der Waals surface area (Å²) in [7, 11) is 5.12. The van der Waals surface area contributed by atoms with E-state index in [1.165, 1.54) is 22.3 Å². The van der Waals surface area contributed by atoms with Crippen LogP contribution in [0, 0.1) is 0 Å². The number of hydrogen-bond acceptors (Lipinski definition) is 5. The quantitative estimate of drug-likeness (QED) is 0.553. The summed E-state index contributed by atoms with van der Waals surface area (Å²) in [5.41, 5.74) is 6.38. The maximum atomic E-state index is 6.22. The van der Waals surface area contributed by atoms with E-state index in [1.807, 2.05) is 24.3 Å². The van der Waals surface area contributed by atoms with Crippen molar-refractivity contribution in [1.82, 2.24) is 4.90 Å². The van der Waals surface area contributed by atoms with Gasteiger partial charge in [-0.2, -0.15) is 0 Å². The normalized spacial score (nSPS) is 17.0. The Hall–Kier alpha value is -3.18. The Morgan fingerprint density at radius 1 is 0.844 bits per heavy atom. The van der Waals surface area contributed by atoms with Crippen molar-refractivity contribution in [1.29, 1.82) is 0 Å². The molecule has 0 fully saturated rings. The molecule has 0 unspecified atom stereocenters. The molecule has 2 aliphatic rings. The van der Waals surface area contributed by atoms with Crippen molar-refractivity contribution in [2.75, 3.05) is 27.9 Å². The average molecular weight is 432 g/mol. The van der Waals surface area contributed by atoms with E-state index >= 15 is 0 Å². The van der Waals surface area contributed by atoms with Gasteiger partial charge in [0.15, 0.2) is 23.0 Å². The lowest BCUT2D eigenvalue weighted by molar-refractivity contribution is 0.157. The minimum absolute atomic E-state index is 0.314. The smallest absolute Gasteiger partial charge is 0.165 e. The molecule has 3 aromatic carbocycles. The highest BCUT2D eigenvalue weighted by Gasteiger charge is 2.35. The first-order valence-corrected chi connectivity index (χ1v) is 11.1. The molecule has 3 aromatic rings. The molecule has 0 bridgehead atoms. The lowest BCUT2D eigenvalue weighted by Crippen LogP contribution is -2.39. The summed E-state index contributed by atoms with van der Waals surface area (Å²) in [6, 6.07) is 19.1. The third kappa shape index (κ3) is 3.67. The second-order valence-electron chi connectivity index (χ2n) is 8.36. The van der Waals surface area contributed by atoms with Gasteiger partial charge >= 0.3 is 0 Å². The van der Waals surface area contributed by atoms with Gasteiger partial charge in [-0.15, -0.1) is 0 Å². The Labute approximate surface area is 189 Å². The standard InChI is InChI=1S/C27H29NO4/c1-29-24-10-9-19-13-23-21-15-26(32-17-18-7-5-4-6-8-18)25(30-2)14-20(21)11-12-28(23)16-22(19)27(24)31-3/h4-10,14-15,23H,11-13,16-17H2,1-3H3/t23-/m0/s1. The Morgan fingerprint density at radius 3 is 2.41 bits per heavy atom. The molecule has 5 rings (SSSR count). The molecule has 0 N–H and O–H groups in total. The van der Waals surface area contributed by atoms with E-state index in [9.17, 15) is 0 Å². The fourth-order valence-corrected chi connectivity index (χ4v) is 5.00. The van der Waals surface area contributed by atoms with Crippen molar-refractivity contribution in [2.45, 2.75) is 32.0 Å². The Kier molecular flexibility index (Phi) is 5.66. The third-order valence-electron chi connectivity index (χ3n) is 6.65. The summed E-state index contributed by atoms with van der Waals surface area (Å²) in [5.74, 6) is 3.25. The van der Waals surface area contributed by atoms with Crippen molar-refractivity contribution in [3.05, 3.63) is 82.4 Å². The van der Waals surface area contributed by atoms with Crippen LogP contribution in [0.25, 0.3) is 0 Å². The molecule has 0 saturated heterocycles. The second kappa shape index (κ2) is 8.75. The van der Waals surface area contributed by atoms with Crippen LogP contribution in [0.5, 0.6) is 23.0 Å². The molecule has 0 aliphatic carbocycles. The van der Waals surface area contributed by atoms with Crippen LogP contribution in [-0.2, 0) is 26.0 Å². The highest BCUT2D eigenvalue weighted by Crippen LogP contribution is 2.45. The number of nitrogens with zero attached hydrogens (tertiary/aromatic N) is 1. The number of benzene rings is 3. The summed E-state index contributed by atoms with van der Waals surface area (Å²) in [4.78, 5) is 2.54. The fraction of sp³-hybridized carbons (Fsp3) is 0.333. The molecular weight excluding hydrogens is 402 g/mol. The molecule has 32 heavy (non-hydrogen) atoms.